The molecule has 0 spiro atoms. The van der Waals surface area contributed by atoms with Gasteiger partial charge in [-0.2, -0.15) is 8.78 Å². The molecule has 0 aliphatic carbocycles. The molecule has 0 heterocycles. The van der Waals surface area contributed by atoms with Gasteiger partial charge in [-0.1, -0.05) is 13.8 Å². The molecule has 1 unspecified atom stereocenters. The third-order valence-corrected chi connectivity index (χ3v) is 2.53. The van der Waals surface area contributed by atoms with E-state index in [1.807, 2.05) is 13.8 Å². The maximum absolute atomic E-state index is 13.3. The molecule has 3 nitrogen and oxygen atoms in total. The van der Waals surface area contributed by atoms with Crippen molar-refractivity contribution in [3.05, 3.63) is 17.9 Å². The Kier molecular flexibility index (Phi) is 4.69. The van der Waals surface area contributed by atoms with E-state index in [9.17, 15) is 13.2 Å². The van der Waals surface area contributed by atoms with E-state index >= 15 is 0 Å². The van der Waals surface area contributed by atoms with Crippen molar-refractivity contribution in [3.8, 4) is 11.5 Å². The second-order valence-corrected chi connectivity index (χ2v) is 4.27. The number of hydrogen-bond acceptors (Lipinski definition) is 3. The minimum atomic E-state index is -3.10. The van der Waals surface area contributed by atoms with Gasteiger partial charge >= 0.3 is 6.61 Å². The van der Waals surface area contributed by atoms with Crippen molar-refractivity contribution in [2.24, 2.45) is 5.92 Å². The Morgan fingerprint density at radius 3 is 2.17 bits per heavy atom. The number of ether oxygens (including phenoxy) is 2. The molecule has 0 bridgehead atoms. The van der Waals surface area contributed by atoms with Gasteiger partial charge in [-0.05, 0) is 12.8 Å². The lowest BCUT2D eigenvalue weighted by Crippen LogP contribution is -2.19. The Bertz CT molecular complexity index is 411. The topological polar surface area (TPSA) is 44.5 Å². The van der Waals surface area contributed by atoms with E-state index in [-0.39, 0.29) is 23.5 Å². The van der Waals surface area contributed by atoms with Crippen LogP contribution in [0.3, 0.4) is 0 Å². The largest absolute Gasteiger partial charge is 0.488 e. The van der Waals surface area contributed by atoms with Gasteiger partial charge in [-0.3, -0.25) is 0 Å². The lowest BCUT2D eigenvalue weighted by molar-refractivity contribution is -0.0523. The molecular formula is C12H16F3NO2. The number of alkyl halides is 2. The summed E-state index contributed by atoms with van der Waals surface area (Å²) in [5.74, 6) is -1.19. The van der Waals surface area contributed by atoms with Gasteiger partial charge in [-0.25, -0.2) is 4.39 Å². The molecule has 6 heteroatoms. The van der Waals surface area contributed by atoms with Crippen LogP contribution in [0.4, 0.5) is 18.9 Å². The van der Waals surface area contributed by atoms with Crippen LogP contribution in [0.5, 0.6) is 11.5 Å². The lowest BCUT2D eigenvalue weighted by Gasteiger charge is -2.20. The van der Waals surface area contributed by atoms with Crippen molar-refractivity contribution in [1.82, 2.24) is 0 Å². The van der Waals surface area contributed by atoms with Crippen LogP contribution >= 0.6 is 0 Å². The standard InChI is InChI=1S/C12H16F3NO2/c1-6(2)7(3)17-11-5-10(18-12(14)15)8(13)4-9(11)16/h4-7,12H,16H2,1-3H3. The maximum atomic E-state index is 13.3. The Morgan fingerprint density at radius 2 is 1.67 bits per heavy atom. The van der Waals surface area contributed by atoms with E-state index in [1.54, 1.807) is 6.92 Å². The summed E-state index contributed by atoms with van der Waals surface area (Å²) < 4.78 is 46.9. The molecule has 2 N–H and O–H groups in total. The summed E-state index contributed by atoms with van der Waals surface area (Å²) in [6.45, 7) is 2.57. The number of nitrogens with two attached hydrogens (primary N) is 1. The summed E-state index contributed by atoms with van der Waals surface area (Å²) in [6.07, 6.45) is -0.183. The Balaban J connectivity index is 2.97. The molecule has 0 aliphatic rings. The molecule has 0 amide bonds. The second kappa shape index (κ2) is 5.84. The fourth-order valence-corrected chi connectivity index (χ4v) is 1.17. The van der Waals surface area contributed by atoms with Gasteiger partial charge in [0.05, 0.1) is 11.8 Å². The van der Waals surface area contributed by atoms with Gasteiger partial charge in [0.15, 0.2) is 11.6 Å². The molecule has 0 saturated carbocycles. The van der Waals surface area contributed by atoms with Crippen LogP contribution in [0.1, 0.15) is 20.8 Å². The van der Waals surface area contributed by atoms with Gasteiger partial charge in [0.2, 0.25) is 0 Å². The SMILES string of the molecule is CC(C)C(C)Oc1cc(OC(F)F)c(F)cc1N. The van der Waals surface area contributed by atoms with E-state index in [0.717, 1.165) is 12.1 Å². The summed E-state index contributed by atoms with van der Waals surface area (Å²) in [5.41, 5.74) is 5.60. The number of rotatable bonds is 5. The van der Waals surface area contributed by atoms with E-state index in [0.29, 0.717) is 0 Å². The zero-order chi connectivity index (χ0) is 13.9. The quantitative estimate of drug-likeness (QED) is 0.828. The number of nitrogen functional groups attached to an aromatic ring is 1. The smallest absolute Gasteiger partial charge is 0.387 e. The summed E-state index contributed by atoms with van der Waals surface area (Å²) in [6, 6.07) is 1.94. The Morgan fingerprint density at radius 1 is 1.06 bits per heavy atom. The van der Waals surface area contributed by atoms with Gasteiger partial charge < -0.3 is 15.2 Å². The predicted octanol–water partition coefficient (Wildman–Crippen LogP) is 3.43. The van der Waals surface area contributed by atoms with Gasteiger partial charge in [-0.15, -0.1) is 0 Å². The fourth-order valence-electron chi connectivity index (χ4n) is 1.17. The molecule has 18 heavy (non-hydrogen) atoms. The third-order valence-electron chi connectivity index (χ3n) is 2.53. The average Bonchev–Trinajstić information content (AvgIpc) is 2.24. The van der Waals surface area contributed by atoms with Gasteiger partial charge in [0, 0.05) is 12.1 Å². The first-order valence-electron chi connectivity index (χ1n) is 5.51. The van der Waals surface area contributed by atoms with Crippen LogP contribution in [0.2, 0.25) is 0 Å². The molecule has 102 valence electrons. The molecule has 0 aromatic heterocycles. The Hall–Kier alpha value is -1.59. The normalized spacial score (nSPS) is 12.9. The molecule has 1 aromatic carbocycles. The lowest BCUT2D eigenvalue weighted by atomic mass is 10.1. The highest BCUT2D eigenvalue weighted by Gasteiger charge is 2.16. The predicted molar refractivity (Wildman–Crippen MR) is 62.4 cm³/mol. The highest BCUT2D eigenvalue weighted by Crippen LogP contribution is 2.32. The van der Waals surface area contributed by atoms with E-state index in [4.69, 9.17) is 10.5 Å². The molecule has 1 rings (SSSR count). The zero-order valence-electron chi connectivity index (χ0n) is 10.4. The summed E-state index contributed by atoms with van der Waals surface area (Å²) >= 11 is 0. The maximum Gasteiger partial charge on any atom is 0.387 e. The number of halogens is 3. The van der Waals surface area contributed by atoms with Crippen molar-refractivity contribution in [3.63, 3.8) is 0 Å². The number of hydrogen-bond donors (Lipinski definition) is 1. The van der Waals surface area contributed by atoms with Crippen LogP contribution in [-0.4, -0.2) is 12.7 Å². The molecule has 0 fully saturated rings. The molecule has 0 aliphatic heterocycles. The van der Waals surface area contributed by atoms with E-state index in [2.05, 4.69) is 4.74 Å². The first-order valence-corrected chi connectivity index (χ1v) is 5.51. The van der Waals surface area contributed by atoms with Crippen LogP contribution in [0.15, 0.2) is 12.1 Å². The monoisotopic (exact) mass is 263 g/mol. The first kappa shape index (κ1) is 14.5. The van der Waals surface area contributed by atoms with Crippen LogP contribution in [0.25, 0.3) is 0 Å². The van der Waals surface area contributed by atoms with Crippen LogP contribution in [0, 0.1) is 11.7 Å². The summed E-state index contributed by atoms with van der Waals surface area (Å²) in [7, 11) is 0. The molecule has 0 radical (unpaired) electrons. The first-order chi connectivity index (χ1) is 8.31. The highest BCUT2D eigenvalue weighted by atomic mass is 19.3. The zero-order valence-corrected chi connectivity index (χ0v) is 10.4. The van der Waals surface area contributed by atoms with Crippen LogP contribution < -0.4 is 15.2 Å². The van der Waals surface area contributed by atoms with Crippen molar-refractivity contribution in [1.29, 1.82) is 0 Å². The average molecular weight is 263 g/mol. The van der Waals surface area contributed by atoms with E-state index in [1.165, 1.54) is 0 Å². The van der Waals surface area contributed by atoms with E-state index < -0.39 is 18.2 Å². The molecule has 0 saturated heterocycles. The highest BCUT2D eigenvalue weighted by molar-refractivity contribution is 5.56. The minimum Gasteiger partial charge on any atom is -0.488 e. The summed E-state index contributed by atoms with van der Waals surface area (Å²) in [5, 5.41) is 0. The second-order valence-electron chi connectivity index (χ2n) is 4.27. The molecule has 1 atom stereocenters. The number of benzene rings is 1. The Labute approximate surface area is 104 Å². The van der Waals surface area contributed by atoms with Gasteiger partial charge in [0.1, 0.15) is 5.75 Å². The van der Waals surface area contributed by atoms with Crippen LogP contribution in [-0.2, 0) is 0 Å². The third kappa shape index (κ3) is 3.72. The molecular weight excluding hydrogens is 247 g/mol. The number of anilines is 1. The molecule has 1 aromatic rings. The van der Waals surface area contributed by atoms with Gasteiger partial charge in [0.25, 0.3) is 0 Å². The van der Waals surface area contributed by atoms with Crippen molar-refractivity contribution in [2.45, 2.75) is 33.5 Å². The van der Waals surface area contributed by atoms with Crippen molar-refractivity contribution in [2.75, 3.05) is 5.73 Å². The summed E-state index contributed by atoms with van der Waals surface area (Å²) in [4.78, 5) is 0. The minimum absolute atomic E-state index is 0.0432. The fraction of sp³-hybridized carbons (Fsp3) is 0.500. The van der Waals surface area contributed by atoms with Crippen molar-refractivity contribution < 1.29 is 22.6 Å². The van der Waals surface area contributed by atoms with Crippen molar-refractivity contribution >= 4 is 5.69 Å².